The van der Waals surface area contributed by atoms with Gasteiger partial charge in [0.05, 0.1) is 0 Å². The van der Waals surface area contributed by atoms with E-state index in [0.717, 1.165) is 24.1 Å². The van der Waals surface area contributed by atoms with Crippen LogP contribution in [-0.4, -0.2) is 41.2 Å². The Morgan fingerprint density at radius 1 is 1.36 bits per heavy atom. The van der Waals surface area contributed by atoms with E-state index in [-0.39, 0.29) is 30.2 Å². The van der Waals surface area contributed by atoms with Crippen molar-refractivity contribution in [3.05, 3.63) is 34.9 Å². The van der Waals surface area contributed by atoms with Crippen molar-refractivity contribution in [3.63, 3.8) is 0 Å². The highest BCUT2D eigenvalue weighted by Crippen LogP contribution is 2.28. The van der Waals surface area contributed by atoms with E-state index in [0.29, 0.717) is 25.1 Å². The van der Waals surface area contributed by atoms with Crippen LogP contribution in [0.25, 0.3) is 0 Å². The first kappa shape index (κ1) is 17.6. The Morgan fingerprint density at radius 3 is 2.88 bits per heavy atom. The first-order valence-electron chi connectivity index (χ1n) is 8.72. The van der Waals surface area contributed by atoms with Crippen molar-refractivity contribution in [2.24, 2.45) is 5.73 Å². The third kappa shape index (κ3) is 3.72. The number of nitrogens with two attached hydrogens (primary N) is 1. The monoisotopic (exact) mass is 344 g/mol. The molecule has 1 aromatic rings. The molecule has 1 saturated heterocycles. The number of hydrogen-bond acceptors (Lipinski definition) is 5. The Kier molecular flexibility index (Phi) is 5.15. The number of nitrogens with one attached hydrogen (secondary N) is 2. The zero-order chi connectivity index (χ0) is 18.0. The molecule has 4 N–H and O–H groups in total. The minimum Gasteiger partial charge on any atom is -0.327 e. The van der Waals surface area contributed by atoms with Crippen molar-refractivity contribution in [1.82, 2.24) is 15.5 Å². The van der Waals surface area contributed by atoms with Gasteiger partial charge in [0.25, 0.3) is 5.91 Å². The van der Waals surface area contributed by atoms with Gasteiger partial charge in [-0.1, -0.05) is 19.1 Å². The zero-order valence-corrected chi connectivity index (χ0v) is 14.4. The normalized spacial score (nSPS) is 21.3. The molecule has 2 aliphatic heterocycles. The minimum atomic E-state index is -0.568. The minimum absolute atomic E-state index is 0.124. The molecular weight excluding hydrogens is 320 g/mol. The average Bonchev–Trinajstić information content (AvgIpc) is 2.91. The second kappa shape index (κ2) is 7.33. The van der Waals surface area contributed by atoms with E-state index in [4.69, 9.17) is 5.73 Å². The Balaban J connectivity index is 1.67. The number of piperidine rings is 1. The summed E-state index contributed by atoms with van der Waals surface area (Å²) in [5.74, 6) is -0.798. The number of nitrogens with zero attached hydrogens (tertiary/aromatic N) is 1. The molecule has 0 saturated carbocycles. The molecule has 0 aromatic heterocycles. The lowest BCUT2D eigenvalue weighted by Crippen LogP contribution is -2.52. The number of amides is 3. The first-order chi connectivity index (χ1) is 12.0. The predicted octanol–water partition coefficient (Wildman–Crippen LogP) is 0.275. The number of carbonyl (C=O) groups is 3. The second-order valence-corrected chi connectivity index (χ2v) is 6.69. The molecule has 1 unspecified atom stereocenters. The summed E-state index contributed by atoms with van der Waals surface area (Å²) in [6.45, 7) is 3.83. The van der Waals surface area contributed by atoms with Gasteiger partial charge in [0, 0.05) is 37.7 Å². The van der Waals surface area contributed by atoms with E-state index in [2.05, 4.69) is 10.6 Å². The van der Waals surface area contributed by atoms with Crippen molar-refractivity contribution in [1.29, 1.82) is 0 Å². The lowest BCUT2D eigenvalue weighted by Gasteiger charge is -2.29. The van der Waals surface area contributed by atoms with Gasteiger partial charge in [-0.25, -0.2) is 0 Å². The number of carbonyl (C=O) groups excluding carboxylic acids is 3. The lowest BCUT2D eigenvalue weighted by atomic mass is 10.0. The Labute approximate surface area is 146 Å². The Bertz CT molecular complexity index is 704. The third-order valence-corrected chi connectivity index (χ3v) is 4.85. The van der Waals surface area contributed by atoms with E-state index in [1.165, 1.54) is 0 Å². The molecule has 1 fully saturated rings. The fraction of sp³-hybridized carbons (Fsp3) is 0.500. The molecule has 0 bridgehead atoms. The number of benzene rings is 1. The smallest absolute Gasteiger partial charge is 0.255 e. The van der Waals surface area contributed by atoms with E-state index >= 15 is 0 Å². The standard InChI is InChI=1S/C18H24N4O3/c1-2-13(19)9-20-8-11-3-4-12-10-22(18(25)14(12)7-11)15-5-6-16(23)21-17(15)24/h3-4,7,13,15,20H,2,5-6,8-10,19H2,1H3,(H,21,23,24)/t13-,15?/m1/s1. The van der Waals surface area contributed by atoms with Crippen LogP contribution in [-0.2, 0) is 22.7 Å². The molecular formula is C18H24N4O3. The summed E-state index contributed by atoms with van der Waals surface area (Å²) in [5.41, 5.74) is 8.46. The average molecular weight is 344 g/mol. The first-order valence-corrected chi connectivity index (χ1v) is 8.72. The number of imide groups is 1. The Hall–Kier alpha value is -2.25. The predicted molar refractivity (Wildman–Crippen MR) is 92.5 cm³/mol. The van der Waals surface area contributed by atoms with Gasteiger partial charge in [-0.05, 0) is 30.0 Å². The summed E-state index contributed by atoms with van der Waals surface area (Å²) in [4.78, 5) is 37.6. The number of rotatable bonds is 6. The fourth-order valence-electron chi connectivity index (χ4n) is 3.26. The van der Waals surface area contributed by atoms with Crippen molar-refractivity contribution >= 4 is 17.7 Å². The van der Waals surface area contributed by atoms with Gasteiger partial charge in [-0.2, -0.15) is 0 Å². The van der Waals surface area contributed by atoms with E-state index in [1.54, 1.807) is 4.90 Å². The molecule has 7 heteroatoms. The summed E-state index contributed by atoms with van der Waals surface area (Å²) in [5, 5.41) is 5.61. The zero-order valence-electron chi connectivity index (χ0n) is 14.4. The molecule has 0 aliphatic carbocycles. The summed E-state index contributed by atoms with van der Waals surface area (Å²) >= 11 is 0. The maximum absolute atomic E-state index is 12.7. The highest BCUT2D eigenvalue weighted by atomic mass is 16.2. The van der Waals surface area contributed by atoms with Crippen LogP contribution in [0.15, 0.2) is 18.2 Å². The van der Waals surface area contributed by atoms with Crippen molar-refractivity contribution < 1.29 is 14.4 Å². The highest BCUT2D eigenvalue weighted by Gasteiger charge is 2.38. The summed E-state index contributed by atoms with van der Waals surface area (Å²) in [6.07, 6.45) is 1.56. The van der Waals surface area contributed by atoms with E-state index in [9.17, 15) is 14.4 Å². The molecule has 0 radical (unpaired) electrons. The van der Waals surface area contributed by atoms with Gasteiger partial charge >= 0.3 is 0 Å². The molecule has 0 spiro atoms. The molecule has 3 amide bonds. The molecule has 7 nitrogen and oxygen atoms in total. The van der Waals surface area contributed by atoms with Crippen molar-refractivity contribution in [3.8, 4) is 0 Å². The van der Waals surface area contributed by atoms with Gasteiger partial charge in [-0.3, -0.25) is 19.7 Å². The SMILES string of the molecule is CC[C@@H](N)CNCc1ccc2c(c1)C(=O)N(C1CCC(=O)NC1=O)C2. The number of hydrogen-bond donors (Lipinski definition) is 3. The molecule has 25 heavy (non-hydrogen) atoms. The van der Waals surface area contributed by atoms with E-state index in [1.807, 2.05) is 25.1 Å². The molecule has 3 rings (SSSR count). The van der Waals surface area contributed by atoms with Gasteiger partial charge in [0.2, 0.25) is 11.8 Å². The van der Waals surface area contributed by atoms with Crippen LogP contribution in [0.1, 0.15) is 47.7 Å². The van der Waals surface area contributed by atoms with Crippen molar-refractivity contribution in [2.45, 2.75) is 51.4 Å². The topological polar surface area (TPSA) is 105 Å². The summed E-state index contributed by atoms with van der Waals surface area (Å²) in [7, 11) is 0. The van der Waals surface area contributed by atoms with E-state index < -0.39 is 6.04 Å². The summed E-state index contributed by atoms with van der Waals surface area (Å²) < 4.78 is 0. The van der Waals surface area contributed by atoms with Gasteiger partial charge in [0.1, 0.15) is 6.04 Å². The van der Waals surface area contributed by atoms with Gasteiger partial charge in [0.15, 0.2) is 0 Å². The molecule has 134 valence electrons. The molecule has 2 atom stereocenters. The van der Waals surface area contributed by atoms with Crippen LogP contribution in [0.4, 0.5) is 0 Å². The van der Waals surface area contributed by atoms with Crippen LogP contribution in [0, 0.1) is 0 Å². The lowest BCUT2D eigenvalue weighted by molar-refractivity contribution is -0.136. The van der Waals surface area contributed by atoms with Crippen LogP contribution in [0.5, 0.6) is 0 Å². The molecule has 2 heterocycles. The quantitative estimate of drug-likeness (QED) is 0.643. The molecule has 2 aliphatic rings. The maximum Gasteiger partial charge on any atom is 0.255 e. The highest BCUT2D eigenvalue weighted by molar-refractivity contribution is 6.05. The fourth-order valence-corrected chi connectivity index (χ4v) is 3.26. The van der Waals surface area contributed by atoms with Crippen LogP contribution >= 0.6 is 0 Å². The van der Waals surface area contributed by atoms with Crippen LogP contribution < -0.4 is 16.4 Å². The van der Waals surface area contributed by atoms with Gasteiger partial charge in [-0.15, -0.1) is 0 Å². The van der Waals surface area contributed by atoms with Crippen LogP contribution in [0.2, 0.25) is 0 Å². The Morgan fingerprint density at radius 2 is 2.16 bits per heavy atom. The molecule has 1 aromatic carbocycles. The van der Waals surface area contributed by atoms with Crippen LogP contribution in [0.3, 0.4) is 0 Å². The number of fused-ring (bicyclic) bond motifs is 1. The maximum atomic E-state index is 12.7. The third-order valence-electron chi connectivity index (χ3n) is 4.85. The van der Waals surface area contributed by atoms with Crippen molar-refractivity contribution in [2.75, 3.05) is 6.54 Å². The summed E-state index contributed by atoms with van der Waals surface area (Å²) in [6, 6.07) is 5.37. The van der Waals surface area contributed by atoms with Gasteiger partial charge < -0.3 is 16.0 Å². The largest absolute Gasteiger partial charge is 0.327 e. The second-order valence-electron chi connectivity index (χ2n) is 6.69.